The molecule has 0 radical (unpaired) electrons. The Morgan fingerprint density at radius 1 is 1.15 bits per heavy atom. The number of hydrogen-bond donors (Lipinski definition) is 1. The number of carboxylic acids is 1. The molecule has 1 aromatic rings. The minimum Gasteiger partial charge on any atom is -0.481 e. The van der Waals surface area contributed by atoms with Gasteiger partial charge in [-0.2, -0.15) is 0 Å². The Balaban J connectivity index is 2.21. The van der Waals surface area contributed by atoms with Gasteiger partial charge in [0.05, 0.1) is 17.5 Å². The second kappa shape index (κ2) is 5.45. The minimum absolute atomic E-state index is 0.0505. The molecule has 0 saturated heterocycles. The molecule has 1 aromatic carbocycles. The molecule has 1 unspecified atom stereocenters. The van der Waals surface area contributed by atoms with Gasteiger partial charge >= 0.3 is 5.97 Å². The van der Waals surface area contributed by atoms with E-state index in [-0.39, 0.29) is 36.6 Å². The van der Waals surface area contributed by atoms with Gasteiger partial charge < -0.3 is 5.11 Å². The van der Waals surface area contributed by atoms with Crippen molar-refractivity contribution in [3.05, 3.63) is 35.4 Å². The number of carboxylic acid groups (broad SMARTS) is 1. The van der Waals surface area contributed by atoms with Crippen LogP contribution in [0.1, 0.15) is 41.0 Å². The lowest BCUT2D eigenvalue weighted by molar-refractivity contribution is -0.138. The van der Waals surface area contributed by atoms with Gasteiger partial charge in [0.25, 0.3) is 11.8 Å². The number of aliphatic carboxylic acids is 1. The molecule has 0 aromatic heterocycles. The van der Waals surface area contributed by atoms with Gasteiger partial charge in [-0.1, -0.05) is 26.0 Å². The quantitative estimate of drug-likeness (QED) is 0.834. The summed E-state index contributed by atoms with van der Waals surface area (Å²) in [5.41, 5.74) is 0.797. The van der Waals surface area contributed by atoms with Crippen molar-refractivity contribution in [1.29, 1.82) is 0 Å². The molecule has 0 saturated carbocycles. The highest BCUT2D eigenvalue weighted by Gasteiger charge is 2.37. The van der Waals surface area contributed by atoms with E-state index in [1.165, 1.54) is 0 Å². The van der Waals surface area contributed by atoms with Gasteiger partial charge in [0.15, 0.2) is 0 Å². The van der Waals surface area contributed by atoms with Crippen LogP contribution in [0.25, 0.3) is 0 Å². The Kier molecular flexibility index (Phi) is 3.88. The molecule has 1 heterocycles. The normalized spacial score (nSPS) is 15.7. The standard InChI is InChI=1S/C15H17NO4/c1-9(2)10(7-13(17)18)8-16-14(19)11-5-3-4-6-12(11)15(16)20/h3-6,9-10H,7-8H2,1-2H3,(H,17,18). The first-order chi connectivity index (χ1) is 9.41. The Bertz CT molecular complexity index is 530. The number of benzene rings is 1. The van der Waals surface area contributed by atoms with Crippen LogP contribution in [0, 0.1) is 11.8 Å². The highest BCUT2D eigenvalue weighted by Crippen LogP contribution is 2.26. The molecule has 2 rings (SSSR count). The zero-order valence-corrected chi connectivity index (χ0v) is 11.5. The zero-order valence-electron chi connectivity index (χ0n) is 11.5. The van der Waals surface area contributed by atoms with E-state index in [1.807, 2.05) is 13.8 Å². The molecule has 20 heavy (non-hydrogen) atoms. The lowest BCUT2D eigenvalue weighted by atomic mass is 9.92. The summed E-state index contributed by atoms with van der Waals surface area (Å²) in [7, 11) is 0. The van der Waals surface area contributed by atoms with Crippen molar-refractivity contribution in [3.63, 3.8) is 0 Å². The van der Waals surface area contributed by atoms with Crippen molar-refractivity contribution in [2.75, 3.05) is 6.54 Å². The average molecular weight is 275 g/mol. The van der Waals surface area contributed by atoms with Crippen molar-refractivity contribution in [3.8, 4) is 0 Å². The van der Waals surface area contributed by atoms with Crippen LogP contribution in [0.5, 0.6) is 0 Å². The summed E-state index contributed by atoms with van der Waals surface area (Å²) in [5, 5.41) is 8.92. The Hall–Kier alpha value is -2.17. The van der Waals surface area contributed by atoms with Crippen LogP contribution >= 0.6 is 0 Å². The molecule has 2 amide bonds. The van der Waals surface area contributed by atoms with Gasteiger partial charge in [-0.15, -0.1) is 0 Å². The van der Waals surface area contributed by atoms with E-state index in [0.717, 1.165) is 4.90 Å². The van der Waals surface area contributed by atoms with Gasteiger partial charge in [-0.3, -0.25) is 19.3 Å². The molecular weight excluding hydrogens is 258 g/mol. The van der Waals surface area contributed by atoms with Crippen molar-refractivity contribution in [1.82, 2.24) is 4.90 Å². The zero-order chi connectivity index (χ0) is 14.9. The maximum atomic E-state index is 12.2. The van der Waals surface area contributed by atoms with Crippen molar-refractivity contribution in [2.24, 2.45) is 11.8 Å². The number of carbonyl (C=O) groups is 3. The van der Waals surface area contributed by atoms with Gasteiger partial charge in [-0.05, 0) is 24.0 Å². The van der Waals surface area contributed by atoms with E-state index in [1.54, 1.807) is 24.3 Å². The van der Waals surface area contributed by atoms with Crippen LogP contribution < -0.4 is 0 Å². The van der Waals surface area contributed by atoms with Gasteiger partial charge in [-0.25, -0.2) is 0 Å². The van der Waals surface area contributed by atoms with Crippen LogP contribution in [0.3, 0.4) is 0 Å². The molecule has 106 valence electrons. The van der Waals surface area contributed by atoms with Gasteiger partial charge in [0, 0.05) is 6.54 Å². The number of carbonyl (C=O) groups excluding carboxylic acids is 2. The Labute approximate surface area is 117 Å². The lowest BCUT2D eigenvalue weighted by Gasteiger charge is -2.24. The highest BCUT2D eigenvalue weighted by molar-refractivity contribution is 6.21. The predicted molar refractivity (Wildman–Crippen MR) is 72.4 cm³/mol. The minimum atomic E-state index is -0.916. The number of fused-ring (bicyclic) bond motifs is 1. The largest absolute Gasteiger partial charge is 0.481 e. The molecule has 5 nitrogen and oxygen atoms in total. The topological polar surface area (TPSA) is 74.7 Å². The number of amides is 2. The fraction of sp³-hybridized carbons (Fsp3) is 0.400. The first kappa shape index (κ1) is 14.2. The third kappa shape index (κ3) is 2.57. The summed E-state index contributed by atoms with van der Waals surface area (Å²) >= 11 is 0. The van der Waals surface area contributed by atoms with E-state index in [2.05, 4.69) is 0 Å². The molecular formula is C15H17NO4. The number of rotatable bonds is 5. The first-order valence-corrected chi connectivity index (χ1v) is 6.58. The fourth-order valence-electron chi connectivity index (χ4n) is 2.37. The fourth-order valence-corrected chi connectivity index (χ4v) is 2.37. The third-order valence-electron chi connectivity index (χ3n) is 3.67. The second-order valence-corrected chi connectivity index (χ2v) is 5.37. The van der Waals surface area contributed by atoms with E-state index in [0.29, 0.717) is 11.1 Å². The van der Waals surface area contributed by atoms with Crippen molar-refractivity contribution >= 4 is 17.8 Å². The molecule has 0 aliphatic carbocycles. The van der Waals surface area contributed by atoms with Crippen molar-refractivity contribution < 1.29 is 19.5 Å². The van der Waals surface area contributed by atoms with E-state index < -0.39 is 5.97 Å². The summed E-state index contributed by atoms with van der Waals surface area (Å²) in [6, 6.07) is 6.67. The SMILES string of the molecule is CC(C)C(CC(=O)O)CN1C(=O)c2ccccc2C1=O. The van der Waals surface area contributed by atoms with Gasteiger partial charge in [0.2, 0.25) is 0 Å². The average Bonchev–Trinajstić information content (AvgIpc) is 2.63. The third-order valence-corrected chi connectivity index (χ3v) is 3.67. The second-order valence-electron chi connectivity index (χ2n) is 5.37. The van der Waals surface area contributed by atoms with Crippen molar-refractivity contribution in [2.45, 2.75) is 20.3 Å². The number of hydrogen-bond acceptors (Lipinski definition) is 3. The highest BCUT2D eigenvalue weighted by atomic mass is 16.4. The number of imide groups is 1. The summed E-state index contributed by atoms with van der Waals surface area (Å²) in [5.74, 6) is -1.74. The monoisotopic (exact) mass is 275 g/mol. The van der Waals surface area contributed by atoms with Crippen LogP contribution in [-0.2, 0) is 4.79 Å². The maximum Gasteiger partial charge on any atom is 0.303 e. The molecule has 0 spiro atoms. The summed E-state index contributed by atoms with van der Waals surface area (Å²) < 4.78 is 0. The van der Waals surface area contributed by atoms with E-state index >= 15 is 0 Å². The molecule has 5 heteroatoms. The lowest BCUT2D eigenvalue weighted by Crippen LogP contribution is -2.37. The van der Waals surface area contributed by atoms with E-state index in [9.17, 15) is 14.4 Å². The Morgan fingerprint density at radius 3 is 2.05 bits per heavy atom. The molecule has 1 atom stereocenters. The van der Waals surface area contributed by atoms with Crippen LogP contribution in [0.2, 0.25) is 0 Å². The Morgan fingerprint density at radius 2 is 1.65 bits per heavy atom. The summed E-state index contributed by atoms with van der Waals surface area (Å²) in [4.78, 5) is 36.5. The molecule has 1 N–H and O–H groups in total. The smallest absolute Gasteiger partial charge is 0.303 e. The van der Waals surface area contributed by atoms with Crippen LogP contribution in [-0.4, -0.2) is 34.3 Å². The molecule has 0 fully saturated rings. The first-order valence-electron chi connectivity index (χ1n) is 6.58. The predicted octanol–water partition coefficient (Wildman–Crippen LogP) is 2.03. The summed E-state index contributed by atoms with van der Waals surface area (Å²) in [6.07, 6.45) is -0.0505. The number of nitrogens with zero attached hydrogens (tertiary/aromatic N) is 1. The maximum absolute atomic E-state index is 12.2. The van der Waals surface area contributed by atoms with Crippen LogP contribution in [0.15, 0.2) is 24.3 Å². The molecule has 1 aliphatic heterocycles. The molecule has 1 aliphatic rings. The van der Waals surface area contributed by atoms with Crippen LogP contribution in [0.4, 0.5) is 0 Å². The summed E-state index contributed by atoms with van der Waals surface area (Å²) in [6.45, 7) is 3.94. The van der Waals surface area contributed by atoms with Gasteiger partial charge in [0.1, 0.15) is 0 Å². The molecule has 0 bridgehead atoms. The van der Waals surface area contributed by atoms with E-state index in [4.69, 9.17) is 5.11 Å².